The quantitative estimate of drug-likeness (QED) is 0.663. The van der Waals surface area contributed by atoms with Crippen LogP contribution in [0, 0.1) is 0 Å². The second kappa shape index (κ2) is 7.56. The third-order valence-electron chi connectivity index (χ3n) is 2.55. The van der Waals surface area contributed by atoms with E-state index in [9.17, 15) is 4.79 Å². The Morgan fingerprint density at radius 1 is 1.37 bits per heavy atom. The number of nitrogens with two attached hydrogens (primary N) is 1. The van der Waals surface area contributed by atoms with Crippen LogP contribution in [0.3, 0.4) is 0 Å². The molecule has 0 saturated heterocycles. The van der Waals surface area contributed by atoms with Crippen LogP contribution in [0.1, 0.15) is 39.4 Å². The second-order valence-electron chi connectivity index (χ2n) is 4.55. The molecule has 1 aromatic rings. The molecule has 0 aliphatic carbocycles. The number of anilines is 2. The molecule has 0 saturated carbocycles. The van der Waals surface area contributed by atoms with Crippen molar-refractivity contribution in [3.63, 3.8) is 0 Å². The zero-order valence-corrected chi connectivity index (χ0v) is 11.9. The van der Waals surface area contributed by atoms with Gasteiger partial charge >= 0.3 is 0 Å². The lowest BCUT2D eigenvalue weighted by Gasteiger charge is -2.14. The highest BCUT2D eigenvalue weighted by molar-refractivity contribution is 5.74. The maximum atomic E-state index is 10.9. The molecule has 1 rings (SSSR count). The van der Waals surface area contributed by atoms with Gasteiger partial charge in [-0.05, 0) is 13.3 Å². The lowest BCUT2D eigenvalue weighted by Crippen LogP contribution is -2.24. The zero-order chi connectivity index (χ0) is 14.3. The van der Waals surface area contributed by atoms with Gasteiger partial charge in [0.15, 0.2) is 0 Å². The minimum Gasteiger partial charge on any atom is -0.370 e. The Morgan fingerprint density at radius 2 is 2.05 bits per heavy atom. The van der Waals surface area contributed by atoms with E-state index in [1.54, 1.807) is 0 Å². The number of aromatic nitrogens is 2. The molecule has 0 radical (unpaired) electrons. The average molecular weight is 265 g/mol. The topological polar surface area (TPSA) is 92.9 Å². The third kappa shape index (κ3) is 5.54. The van der Waals surface area contributed by atoms with Crippen molar-refractivity contribution in [1.82, 2.24) is 9.97 Å². The van der Waals surface area contributed by atoms with Gasteiger partial charge < -0.3 is 16.4 Å². The Morgan fingerprint density at radius 3 is 2.63 bits per heavy atom. The highest BCUT2D eigenvalue weighted by atomic mass is 16.1. The summed E-state index contributed by atoms with van der Waals surface area (Å²) in [5.41, 5.74) is 5.17. The molecule has 1 atom stereocenters. The fraction of sp³-hybridized carbons (Fsp3) is 0.615. The summed E-state index contributed by atoms with van der Waals surface area (Å²) in [5.74, 6) is 1.98. The van der Waals surface area contributed by atoms with E-state index >= 15 is 0 Å². The van der Waals surface area contributed by atoms with Gasteiger partial charge in [0.05, 0.1) is 0 Å². The number of hydrogen-bond acceptors (Lipinski definition) is 5. The predicted octanol–water partition coefficient (Wildman–Crippen LogP) is 1.54. The van der Waals surface area contributed by atoms with Crippen LogP contribution in [0.5, 0.6) is 0 Å². The van der Waals surface area contributed by atoms with Crippen molar-refractivity contribution in [2.24, 2.45) is 5.73 Å². The van der Waals surface area contributed by atoms with Crippen molar-refractivity contribution >= 4 is 17.5 Å². The summed E-state index contributed by atoms with van der Waals surface area (Å²) in [5, 5.41) is 6.41. The van der Waals surface area contributed by atoms with Crippen LogP contribution >= 0.6 is 0 Å². The molecule has 6 heteroatoms. The molecule has 1 unspecified atom stereocenters. The second-order valence-corrected chi connectivity index (χ2v) is 4.55. The minimum atomic E-state index is -0.325. The van der Waals surface area contributed by atoms with E-state index in [0.29, 0.717) is 0 Å². The normalized spacial score (nSPS) is 11.9. The highest BCUT2D eigenvalue weighted by Gasteiger charge is 2.09. The molecule has 1 aromatic heterocycles. The van der Waals surface area contributed by atoms with Gasteiger partial charge in [-0.2, -0.15) is 0 Å². The van der Waals surface area contributed by atoms with Gasteiger partial charge in [-0.15, -0.1) is 0 Å². The van der Waals surface area contributed by atoms with Crippen LogP contribution in [-0.2, 0) is 11.2 Å². The average Bonchev–Trinajstić information content (AvgIpc) is 2.34. The number of amides is 1. The molecule has 1 heterocycles. The van der Waals surface area contributed by atoms with Crippen molar-refractivity contribution in [3.8, 4) is 0 Å². The molecule has 0 spiro atoms. The first-order valence-electron chi connectivity index (χ1n) is 6.71. The molecule has 1 amide bonds. The molecule has 106 valence electrons. The first-order chi connectivity index (χ1) is 9.05. The molecule has 19 heavy (non-hydrogen) atoms. The fourth-order valence-corrected chi connectivity index (χ4v) is 1.68. The van der Waals surface area contributed by atoms with Gasteiger partial charge in [-0.25, -0.2) is 9.97 Å². The molecular weight excluding hydrogens is 242 g/mol. The Bertz CT molecular complexity index is 421. The van der Waals surface area contributed by atoms with E-state index in [0.717, 1.165) is 36.8 Å². The Kier molecular flexibility index (Phi) is 6.05. The molecular formula is C13H23N5O. The Balaban J connectivity index is 2.78. The van der Waals surface area contributed by atoms with Gasteiger partial charge in [-0.3, -0.25) is 4.79 Å². The number of carbonyl (C=O) groups excluding carboxylic acids is 1. The molecule has 4 N–H and O–H groups in total. The van der Waals surface area contributed by atoms with Gasteiger partial charge in [0.2, 0.25) is 5.91 Å². The molecule has 0 bridgehead atoms. The lowest BCUT2D eigenvalue weighted by atomic mass is 10.2. The van der Waals surface area contributed by atoms with Gasteiger partial charge in [0.25, 0.3) is 0 Å². The van der Waals surface area contributed by atoms with Crippen LogP contribution in [0.4, 0.5) is 11.6 Å². The molecule has 0 fully saturated rings. The number of hydrogen-bond donors (Lipinski definition) is 3. The maximum absolute atomic E-state index is 10.9. The standard InChI is InChI=1S/C13H23N5O/c1-4-6-15-12-8-13(18-11(5-2)17-12)16-9(3)7-10(14)19/h8-9H,4-7H2,1-3H3,(H2,14,19)(H2,15,16,17,18). The SMILES string of the molecule is CCCNc1cc(NC(C)CC(N)=O)nc(CC)n1. The van der Waals surface area contributed by atoms with Crippen LogP contribution in [0.15, 0.2) is 6.07 Å². The summed E-state index contributed by atoms with van der Waals surface area (Å²) in [4.78, 5) is 19.7. The number of nitrogens with zero attached hydrogens (tertiary/aromatic N) is 2. The van der Waals surface area contributed by atoms with Crippen LogP contribution in [0.2, 0.25) is 0 Å². The van der Waals surface area contributed by atoms with E-state index in [1.165, 1.54) is 0 Å². The van der Waals surface area contributed by atoms with E-state index in [2.05, 4.69) is 27.5 Å². The monoisotopic (exact) mass is 265 g/mol. The van der Waals surface area contributed by atoms with Gasteiger partial charge in [-0.1, -0.05) is 13.8 Å². The molecule has 0 aromatic carbocycles. The predicted molar refractivity (Wildman–Crippen MR) is 77.1 cm³/mol. The third-order valence-corrected chi connectivity index (χ3v) is 2.55. The number of aryl methyl sites for hydroxylation is 1. The van der Waals surface area contributed by atoms with E-state index in [-0.39, 0.29) is 18.4 Å². The molecule has 6 nitrogen and oxygen atoms in total. The molecule has 0 aliphatic heterocycles. The first-order valence-corrected chi connectivity index (χ1v) is 6.71. The summed E-state index contributed by atoms with van der Waals surface area (Å²) < 4.78 is 0. The van der Waals surface area contributed by atoms with E-state index in [1.807, 2.05) is 19.9 Å². The van der Waals surface area contributed by atoms with Crippen LogP contribution in [0.25, 0.3) is 0 Å². The number of rotatable bonds is 8. The smallest absolute Gasteiger partial charge is 0.219 e. The summed E-state index contributed by atoms with van der Waals surface area (Å²) in [6.07, 6.45) is 2.08. The fourth-order valence-electron chi connectivity index (χ4n) is 1.68. The van der Waals surface area contributed by atoms with Gasteiger partial charge in [0.1, 0.15) is 17.5 Å². The van der Waals surface area contributed by atoms with Crippen molar-refractivity contribution in [3.05, 3.63) is 11.9 Å². The number of carbonyl (C=O) groups is 1. The maximum Gasteiger partial charge on any atom is 0.219 e. The van der Waals surface area contributed by atoms with Crippen molar-refractivity contribution < 1.29 is 4.79 Å². The zero-order valence-electron chi connectivity index (χ0n) is 11.9. The minimum absolute atomic E-state index is 0.0452. The Hall–Kier alpha value is -1.85. The van der Waals surface area contributed by atoms with Gasteiger partial charge in [0, 0.05) is 31.5 Å². The summed E-state index contributed by atoms with van der Waals surface area (Å²) in [6.45, 7) is 6.88. The van der Waals surface area contributed by atoms with E-state index in [4.69, 9.17) is 5.73 Å². The summed E-state index contributed by atoms with van der Waals surface area (Å²) in [6, 6.07) is 1.81. The largest absolute Gasteiger partial charge is 0.370 e. The van der Waals surface area contributed by atoms with Crippen LogP contribution < -0.4 is 16.4 Å². The van der Waals surface area contributed by atoms with Crippen molar-refractivity contribution in [2.45, 2.75) is 46.1 Å². The van der Waals surface area contributed by atoms with Crippen molar-refractivity contribution in [2.75, 3.05) is 17.2 Å². The molecule has 0 aliphatic rings. The number of primary amides is 1. The first kappa shape index (κ1) is 15.2. The summed E-state index contributed by atoms with van der Waals surface area (Å²) in [7, 11) is 0. The highest BCUT2D eigenvalue weighted by Crippen LogP contribution is 2.13. The van der Waals surface area contributed by atoms with Crippen molar-refractivity contribution in [1.29, 1.82) is 0 Å². The number of nitrogens with one attached hydrogen (secondary N) is 2. The van der Waals surface area contributed by atoms with E-state index < -0.39 is 0 Å². The lowest BCUT2D eigenvalue weighted by molar-refractivity contribution is -0.118. The van der Waals surface area contributed by atoms with Crippen LogP contribution in [-0.4, -0.2) is 28.5 Å². The summed E-state index contributed by atoms with van der Waals surface area (Å²) >= 11 is 0. The Labute approximate surface area is 114 Å².